The van der Waals surface area contributed by atoms with Gasteiger partial charge in [0.1, 0.15) is 11.5 Å². The molecule has 3 N–H and O–H groups in total. The highest BCUT2D eigenvalue weighted by Crippen LogP contribution is 2.36. The molecule has 3 aromatic carbocycles. The minimum atomic E-state index is 0.0618. The molecule has 0 saturated heterocycles. The molecule has 0 fully saturated rings. The standard InChI is InChI=1S/C29H36O8/c1-33-14-22-9-18(10-23(15-34-2)27(22)30)6-19-7-21(29(32)26(13-19)37-5)8-20-11-24(16-35-3)28(31)25(12-20)17-36-4/h7,9-13,30-32H,6,8,14-17H2,1-5H3. The average molecular weight is 513 g/mol. The topological polar surface area (TPSA) is 107 Å². The van der Waals surface area contributed by atoms with Crippen LogP contribution in [0.2, 0.25) is 0 Å². The van der Waals surface area contributed by atoms with Crippen molar-refractivity contribution in [2.75, 3.05) is 35.5 Å². The van der Waals surface area contributed by atoms with Crippen LogP contribution in [0.4, 0.5) is 0 Å². The highest BCUT2D eigenvalue weighted by molar-refractivity contribution is 5.53. The van der Waals surface area contributed by atoms with Crippen molar-refractivity contribution < 1.29 is 39.0 Å². The Morgan fingerprint density at radius 1 is 0.459 bits per heavy atom. The number of phenols is 3. The zero-order valence-electron chi connectivity index (χ0n) is 22.1. The van der Waals surface area contributed by atoms with Gasteiger partial charge in [0.2, 0.25) is 0 Å². The van der Waals surface area contributed by atoms with E-state index in [2.05, 4.69) is 0 Å². The largest absolute Gasteiger partial charge is 0.507 e. The molecular weight excluding hydrogens is 476 g/mol. The van der Waals surface area contributed by atoms with E-state index in [0.717, 1.165) is 16.7 Å². The molecule has 0 heterocycles. The lowest BCUT2D eigenvalue weighted by atomic mass is 9.94. The van der Waals surface area contributed by atoms with E-state index in [0.29, 0.717) is 46.4 Å². The number of hydrogen-bond donors (Lipinski definition) is 3. The molecule has 0 saturated carbocycles. The summed E-state index contributed by atoms with van der Waals surface area (Å²) in [5.74, 6) is 0.747. The molecule has 0 radical (unpaired) electrons. The fourth-order valence-corrected chi connectivity index (χ4v) is 4.51. The van der Waals surface area contributed by atoms with Crippen LogP contribution in [0.15, 0.2) is 36.4 Å². The van der Waals surface area contributed by atoms with Gasteiger partial charge in [-0.1, -0.05) is 6.07 Å². The molecule has 8 heteroatoms. The first-order valence-corrected chi connectivity index (χ1v) is 11.9. The lowest BCUT2D eigenvalue weighted by Crippen LogP contribution is -2.02. The van der Waals surface area contributed by atoms with E-state index in [1.165, 1.54) is 7.11 Å². The Bertz CT molecular complexity index is 1150. The van der Waals surface area contributed by atoms with Crippen molar-refractivity contribution >= 4 is 0 Å². The van der Waals surface area contributed by atoms with E-state index in [1.807, 2.05) is 30.3 Å². The van der Waals surface area contributed by atoms with E-state index < -0.39 is 0 Å². The van der Waals surface area contributed by atoms with Gasteiger partial charge in [-0.15, -0.1) is 0 Å². The predicted octanol–water partition coefficient (Wildman–Crippen LogP) is 4.58. The fourth-order valence-electron chi connectivity index (χ4n) is 4.51. The van der Waals surface area contributed by atoms with Gasteiger partial charge in [-0.2, -0.15) is 0 Å². The smallest absolute Gasteiger partial charge is 0.161 e. The lowest BCUT2D eigenvalue weighted by Gasteiger charge is -2.16. The molecule has 0 atom stereocenters. The maximum absolute atomic E-state index is 10.9. The van der Waals surface area contributed by atoms with Crippen molar-refractivity contribution in [1.82, 2.24) is 0 Å². The van der Waals surface area contributed by atoms with Crippen molar-refractivity contribution in [3.8, 4) is 23.0 Å². The van der Waals surface area contributed by atoms with Crippen LogP contribution in [0.1, 0.15) is 44.5 Å². The normalized spacial score (nSPS) is 11.2. The van der Waals surface area contributed by atoms with Crippen LogP contribution < -0.4 is 4.74 Å². The summed E-state index contributed by atoms with van der Waals surface area (Å²) in [5.41, 5.74) is 6.11. The average Bonchev–Trinajstić information content (AvgIpc) is 2.87. The lowest BCUT2D eigenvalue weighted by molar-refractivity contribution is 0.174. The van der Waals surface area contributed by atoms with Gasteiger partial charge in [0.15, 0.2) is 11.5 Å². The second-order valence-electron chi connectivity index (χ2n) is 8.92. The Balaban J connectivity index is 2.01. The summed E-state index contributed by atoms with van der Waals surface area (Å²) < 4.78 is 26.5. The first-order valence-electron chi connectivity index (χ1n) is 11.9. The Morgan fingerprint density at radius 2 is 0.811 bits per heavy atom. The minimum Gasteiger partial charge on any atom is -0.507 e. The van der Waals surface area contributed by atoms with Crippen LogP contribution in [-0.4, -0.2) is 50.9 Å². The molecule has 0 aliphatic heterocycles. The first-order chi connectivity index (χ1) is 17.8. The quantitative estimate of drug-likeness (QED) is 0.306. The van der Waals surface area contributed by atoms with Crippen molar-refractivity contribution in [2.24, 2.45) is 0 Å². The Hall–Kier alpha value is -3.30. The van der Waals surface area contributed by atoms with Crippen molar-refractivity contribution in [3.05, 3.63) is 80.9 Å². The molecule has 0 amide bonds. The Labute approximate surface area is 218 Å². The van der Waals surface area contributed by atoms with Gasteiger partial charge in [-0.25, -0.2) is 0 Å². The Kier molecular flexibility index (Phi) is 10.2. The number of hydrogen-bond acceptors (Lipinski definition) is 8. The fraction of sp³-hybridized carbons (Fsp3) is 0.379. The molecule has 8 nitrogen and oxygen atoms in total. The maximum atomic E-state index is 10.9. The van der Waals surface area contributed by atoms with Crippen molar-refractivity contribution in [1.29, 1.82) is 0 Å². The van der Waals surface area contributed by atoms with E-state index in [-0.39, 0.29) is 43.7 Å². The summed E-state index contributed by atoms with van der Waals surface area (Å²) in [7, 11) is 7.82. The van der Waals surface area contributed by atoms with Crippen LogP contribution in [-0.2, 0) is 58.2 Å². The molecule has 37 heavy (non-hydrogen) atoms. The van der Waals surface area contributed by atoms with Crippen LogP contribution in [0.5, 0.6) is 23.0 Å². The van der Waals surface area contributed by atoms with E-state index in [1.54, 1.807) is 34.5 Å². The number of ether oxygens (including phenoxy) is 5. The summed E-state index contributed by atoms with van der Waals surface area (Å²) in [6.45, 7) is 1.05. The van der Waals surface area contributed by atoms with Crippen molar-refractivity contribution in [2.45, 2.75) is 39.3 Å². The number of phenolic OH excluding ortho intramolecular Hbond substituents is 3. The number of rotatable bonds is 13. The van der Waals surface area contributed by atoms with E-state index in [9.17, 15) is 15.3 Å². The van der Waals surface area contributed by atoms with Crippen LogP contribution in [0.3, 0.4) is 0 Å². The van der Waals surface area contributed by atoms with Crippen LogP contribution in [0, 0.1) is 0 Å². The van der Waals surface area contributed by atoms with Gasteiger partial charge in [0, 0.05) is 62.7 Å². The van der Waals surface area contributed by atoms with Gasteiger partial charge >= 0.3 is 0 Å². The monoisotopic (exact) mass is 512 g/mol. The molecule has 0 bridgehead atoms. The second kappa shape index (κ2) is 13.3. The molecule has 0 aromatic heterocycles. The zero-order chi connectivity index (χ0) is 26.9. The molecule has 0 spiro atoms. The minimum absolute atomic E-state index is 0.0618. The summed E-state index contributed by atoms with van der Waals surface area (Å²) in [4.78, 5) is 0. The van der Waals surface area contributed by atoms with Crippen molar-refractivity contribution in [3.63, 3.8) is 0 Å². The highest BCUT2D eigenvalue weighted by Gasteiger charge is 2.16. The third-order valence-electron chi connectivity index (χ3n) is 6.09. The first kappa shape index (κ1) is 28.3. The molecule has 200 valence electrons. The summed E-state index contributed by atoms with van der Waals surface area (Å²) in [6, 6.07) is 11.3. The van der Waals surface area contributed by atoms with Gasteiger partial charge in [-0.05, 0) is 53.4 Å². The summed E-state index contributed by atoms with van der Waals surface area (Å²) in [5, 5.41) is 32.0. The predicted molar refractivity (Wildman–Crippen MR) is 139 cm³/mol. The number of benzene rings is 3. The highest BCUT2D eigenvalue weighted by atomic mass is 16.5. The molecule has 0 aliphatic rings. The van der Waals surface area contributed by atoms with Crippen LogP contribution >= 0.6 is 0 Å². The molecule has 3 aromatic rings. The summed E-state index contributed by atoms with van der Waals surface area (Å²) >= 11 is 0. The molecular formula is C29H36O8. The second-order valence-corrected chi connectivity index (χ2v) is 8.92. The van der Waals surface area contributed by atoms with Crippen LogP contribution in [0.25, 0.3) is 0 Å². The van der Waals surface area contributed by atoms with Gasteiger partial charge in [0.25, 0.3) is 0 Å². The van der Waals surface area contributed by atoms with E-state index >= 15 is 0 Å². The SMILES string of the molecule is COCc1cc(Cc2cc(Cc3cc(COC)c(O)c(COC)c3)c(O)c(OC)c2)cc(COC)c1O. The van der Waals surface area contributed by atoms with Gasteiger partial charge in [0.05, 0.1) is 33.5 Å². The maximum Gasteiger partial charge on any atom is 0.161 e. The number of aromatic hydroxyl groups is 3. The summed E-state index contributed by atoms with van der Waals surface area (Å²) in [6.07, 6.45) is 0.944. The number of methoxy groups -OCH3 is 5. The van der Waals surface area contributed by atoms with Gasteiger partial charge < -0.3 is 39.0 Å². The van der Waals surface area contributed by atoms with E-state index in [4.69, 9.17) is 23.7 Å². The molecule has 0 unspecified atom stereocenters. The zero-order valence-corrected chi connectivity index (χ0v) is 22.1. The third kappa shape index (κ3) is 6.93. The molecule has 0 aliphatic carbocycles. The Morgan fingerprint density at radius 3 is 1.19 bits per heavy atom. The molecule has 3 rings (SSSR count). The third-order valence-corrected chi connectivity index (χ3v) is 6.09. The van der Waals surface area contributed by atoms with Gasteiger partial charge in [-0.3, -0.25) is 0 Å².